The molecule has 0 saturated carbocycles. The van der Waals surface area contributed by atoms with Gasteiger partial charge >= 0.3 is 5.97 Å². The molecule has 0 saturated heterocycles. The van der Waals surface area contributed by atoms with Crippen LogP contribution in [0, 0.1) is 0 Å². The van der Waals surface area contributed by atoms with E-state index in [1.165, 1.54) is 7.11 Å². The van der Waals surface area contributed by atoms with Crippen LogP contribution in [0.1, 0.15) is 20.3 Å². The number of hydrogen-bond acceptors (Lipinski definition) is 4. The Kier molecular flexibility index (Phi) is 8.74. The van der Waals surface area contributed by atoms with Gasteiger partial charge in [-0.25, -0.2) is 4.79 Å². The van der Waals surface area contributed by atoms with E-state index in [-0.39, 0.29) is 6.61 Å². The van der Waals surface area contributed by atoms with Gasteiger partial charge in [0.1, 0.15) is 0 Å². The number of aliphatic hydroxyl groups is 2. The molecule has 0 amide bonds. The van der Waals surface area contributed by atoms with Gasteiger partial charge in [-0.15, -0.1) is 0 Å². The zero-order valence-electron chi connectivity index (χ0n) is 8.41. The lowest BCUT2D eigenvalue weighted by molar-refractivity contribution is -0.134. The molecule has 78 valence electrons. The molecular weight excluding hydrogens is 172 g/mol. The van der Waals surface area contributed by atoms with E-state index in [1.54, 1.807) is 13.8 Å². The van der Waals surface area contributed by atoms with Gasteiger partial charge in [-0.2, -0.15) is 0 Å². The van der Waals surface area contributed by atoms with Gasteiger partial charge in [0.15, 0.2) is 0 Å². The Bertz CT molecular complexity index is 146. The summed E-state index contributed by atoms with van der Waals surface area (Å²) in [4.78, 5) is 9.84. The largest absolute Gasteiger partial charge is 0.466 e. The predicted molar refractivity (Wildman–Crippen MR) is 50.2 cm³/mol. The molecule has 0 atom stereocenters. The molecule has 13 heavy (non-hydrogen) atoms. The van der Waals surface area contributed by atoms with Gasteiger partial charge in [-0.05, 0) is 20.3 Å². The summed E-state index contributed by atoms with van der Waals surface area (Å²) >= 11 is 0. The van der Waals surface area contributed by atoms with E-state index >= 15 is 0 Å². The fraction of sp³-hybridized carbons (Fsp3) is 0.667. The predicted octanol–water partition coefficient (Wildman–Crippen LogP) is 0.485. The topological polar surface area (TPSA) is 66.8 Å². The first-order chi connectivity index (χ1) is 5.87. The van der Waals surface area contributed by atoms with Crippen LogP contribution in [0.3, 0.4) is 0 Å². The zero-order valence-corrected chi connectivity index (χ0v) is 8.41. The lowest BCUT2D eigenvalue weighted by Crippen LogP contribution is -2.19. The summed E-state index contributed by atoms with van der Waals surface area (Å²) in [6.07, 6.45) is 1.56. The van der Waals surface area contributed by atoms with Crippen molar-refractivity contribution in [2.75, 3.05) is 13.7 Å². The summed E-state index contributed by atoms with van der Waals surface area (Å²) in [6.45, 7) is 6.56. The maximum Gasteiger partial charge on any atom is 0.329 e. The Labute approximate surface area is 78.8 Å². The fourth-order valence-corrected chi connectivity index (χ4v) is 0.357. The van der Waals surface area contributed by atoms with Gasteiger partial charge in [0, 0.05) is 12.7 Å². The normalized spacial score (nSPS) is 9.62. The van der Waals surface area contributed by atoms with Crippen molar-refractivity contribution in [3.63, 3.8) is 0 Å². The molecule has 0 unspecified atom stereocenters. The van der Waals surface area contributed by atoms with Crippen LogP contribution in [0.15, 0.2) is 12.7 Å². The van der Waals surface area contributed by atoms with E-state index in [9.17, 15) is 4.79 Å². The third-order valence-corrected chi connectivity index (χ3v) is 1.09. The molecule has 4 nitrogen and oxygen atoms in total. The molecule has 0 fully saturated rings. The van der Waals surface area contributed by atoms with Crippen LogP contribution in [-0.2, 0) is 9.53 Å². The number of carbonyl (C=O) groups is 1. The molecular formula is C9H18O4. The summed E-state index contributed by atoms with van der Waals surface area (Å²) in [7, 11) is 1.31. The second kappa shape index (κ2) is 7.76. The molecule has 0 heterocycles. The molecule has 0 spiro atoms. The molecule has 0 radical (unpaired) electrons. The van der Waals surface area contributed by atoms with E-state index < -0.39 is 11.6 Å². The zero-order chi connectivity index (χ0) is 10.9. The van der Waals surface area contributed by atoms with Crippen LogP contribution >= 0.6 is 0 Å². The van der Waals surface area contributed by atoms with E-state index in [2.05, 4.69) is 11.3 Å². The fourth-order valence-electron chi connectivity index (χ4n) is 0.357. The molecule has 0 aliphatic carbocycles. The number of methoxy groups -OCH3 is 1. The van der Waals surface area contributed by atoms with E-state index in [4.69, 9.17) is 10.2 Å². The van der Waals surface area contributed by atoms with Crippen molar-refractivity contribution in [3.8, 4) is 0 Å². The summed E-state index contributed by atoms with van der Waals surface area (Å²) < 4.78 is 4.14. The summed E-state index contributed by atoms with van der Waals surface area (Å²) in [5, 5.41) is 17.1. The molecule has 0 aliphatic rings. The third kappa shape index (κ3) is 18.2. The first kappa shape index (κ1) is 14.6. The second-order valence-corrected chi connectivity index (χ2v) is 3.01. The average Bonchev–Trinajstić information content (AvgIpc) is 2.02. The Morgan fingerprint density at radius 2 is 2.08 bits per heavy atom. The molecule has 0 rings (SSSR count). The maximum atomic E-state index is 9.84. The SMILES string of the molecule is C=CC(=O)OC.CC(C)(O)CCO. The van der Waals surface area contributed by atoms with Crippen LogP contribution in [-0.4, -0.2) is 35.5 Å². The molecule has 0 aromatic rings. The molecule has 0 bridgehead atoms. The maximum absolute atomic E-state index is 9.84. The van der Waals surface area contributed by atoms with Gasteiger partial charge in [-0.1, -0.05) is 6.58 Å². The lowest BCUT2D eigenvalue weighted by atomic mass is 10.1. The van der Waals surface area contributed by atoms with Crippen molar-refractivity contribution < 1.29 is 19.7 Å². The van der Waals surface area contributed by atoms with Gasteiger partial charge < -0.3 is 14.9 Å². The molecule has 0 aromatic carbocycles. The minimum atomic E-state index is -0.700. The molecule has 0 aliphatic heterocycles. The smallest absolute Gasteiger partial charge is 0.329 e. The number of carbonyl (C=O) groups excluding carboxylic acids is 1. The van der Waals surface area contributed by atoms with Crippen molar-refractivity contribution in [1.29, 1.82) is 0 Å². The second-order valence-electron chi connectivity index (χ2n) is 3.01. The van der Waals surface area contributed by atoms with E-state index in [0.29, 0.717) is 6.42 Å². The van der Waals surface area contributed by atoms with E-state index in [0.717, 1.165) is 6.08 Å². The molecule has 2 N–H and O–H groups in total. The van der Waals surface area contributed by atoms with Crippen LogP contribution in [0.4, 0.5) is 0 Å². The highest BCUT2D eigenvalue weighted by atomic mass is 16.5. The summed E-state index contributed by atoms with van der Waals surface area (Å²) in [5.74, 6) is -0.394. The first-order valence-corrected chi connectivity index (χ1v) is 3.91. The first-order valence-electron chi connectivity index (χ1n) is 3.91. The van der Waals surface area contributed by atoms with Crippen LogP contribution < -0.4 is 0 Å². The quantitative estimate of drug-likeness (QED) is 0.502. The third-order valence-electron chi connectivity index (χ3n) is 1.09. The Hall–Kier alpha value is -0.870. The highest BCUT2D eigenvalue weighted by Gasteiger charge is 2.09. The number of ether oxygens (including phenoxy) is 1. The Morgan fingerprint density at radius 1 is 1.62 bits per heavy atom. The van der Waals surface area contributed by atoms with E-state index in [1.807, 2.05) is 0 Å². The number of aliphatic hydroxyl groups excluding tert-OH is 1. The number of hydrogen-bond donors (Lipinski definition) is 2. The molecule has 0 aromatic heterocycles. The standard InChI is InChI=1S/C5H12O2.C4H6O2/c1-5(2,7)3-4-6;1-3-4(5)6-2/h6-7H,3-4H2,1-2H3;3H,1H2,2H3. The van der Waals surface area contributed by atoms with Crippen LogP contribution in [0.2, 0.25) is 0 Å². The Balaban J connectivity index is 0. The van der Waals surface area contributed by atoms with Gasteiger partial charge in [0.25, 0.3) is 0 Å². The van der Waals surface area contributed by atoms with Gasteiger partial charge in [0.2, 0.25) is 0 Å². The average molecular weight is 190 g/mol. The van der Waals surface area contributed by atoms with Gasteiger partial charge in [-0.3, -0.25) is 0 Å². The van der Waals surface area contributed by atoms with Gasteiger partial charge in [0.05, 0.1) is 12.7 Å². The summed E-state index contributed by atoms with van der Waals surface area (Å²) in [6, 6.07) is 0. The highest BCUT2D eigenvalue weighted by Crippen LogP contribution is 2.04. The molecule has 4 heteroatoms. The summed E-state index contributed by atoms with van der Waals surface area (Å²) in [5.41, 5.74) is -0.700. The van der Waals surface area contributed by atoms with Crippen LogP contribution in [0.25, 0.3) is 0 Å². The number of rotatable bonds is 3. The van der Waals surface area contributed by atoms with Crippen molar-refractivity contribution >= 4 is 5.97 Å². The minimum absolute atomic E-state index is 0.0590. The lowest BCUT2D eigenvalue weighted by Gasteiger charge is -2.13. The Morgan fingerprint density at radius 3 is 2.08 bits per heavy atom. The monoisotopic (exact) mass is 190 g/mol. The van der Waals surface area contributed by atoms with Crippen molar-refractivity contribution in [3.05, 3.63) is 12.7 Å². The highest BCUT2D eigenvalue weighted by molar-refractivity contribution is 5.80. The van der Waals surface area contributed by atoms with Crippen LogP contribution in [0.5, 0.6) is 0 Å². The van der Waals surface area contributed by atoms with Crippen molar-refractivity contribution in [1.82, 2.24) is 0 Å². The minimum Gasteiger partial charge on any atom is -0.466 e. The van der Waals surface area contributed by atoms with Crippen molar-refractivity contribution in [2.24, 2.45) is 0 Å². The van der Waals surface area contributed by atoms with Crippen molar-refractivity contribution in [2.45, 2.75) is 25.9 Å². The number of esters is 1.